The number of carbonyl (C=O) groups is 1. The standard InChI is InChI=1S/C19H28Cl2N2O3S/c1-3-18(19(24)22-14-9-7-5-4-6-8-10-14)23(27(2,25)26)15-11-12-16(20)17(21)13-15/h11-14,18H,3-10H2,1-2H3,(H,22,24)/t18-/m1/s1. The van der Waals surface area contributed by atoms with Crippen molar-refractivity contribution in [3.63, 3.8) is 0 Å². The van der Waals surface area contributed by atoms with Gasteiger partial charge in [-0.05, 0) is 37.5 Å². The van der Waals surface area contributed by atoms with Crippen LogP contribution in [-0.2, 0) is 14.8 Å². The van der Waals surface area contributed by atoms with Crippen LogP contribution in [0.1, 0.15) is 58.3 Å². The Hall–Kier alpha value is -0.980. The summed E-state index contributed by atoms with van der Waals surface area (Å²) in [7, 11) is -3.69. The Morgan fingerprint density at radius 2 is 1.74 bits per heavy atom. The first-order chi connectivity index (χ1) is 12.7. The number of carbonyl (C=O) groups excluding carboxylic acids is 1. The van der Waals surface area contributed by atoms with Crippen LogP contribution in [-0.4, -0.2) is 32.7 Å². The van der Waals surface area contributed by atoms with E-state index in [4.69, 9.17) is 23.2 Å². The van der Waals surface area contributed by atoms with Crippen LogP contribution in [0, 0.1) is 0 Å². The normalized spacial score (nSPS) is 17.6. The number of sulfonamides is 1. The molecule has 0 spiro atoms. The Morgan fingerprint density at radius 3 is 2.26 bits per heavy atom. The first-order valence-electron chi connectivity index (χ1n) is 9.49. The fraction of sp³-hybridized carbons (Fsp3) is 0.632. The van der Waals surface area contributed by atoms with Crippen molar-refractivity contribution in [1.29, 1.82) is 0 Å². The van der Waals surface area contributed by atoms with Crippen molar-refractivity contribution in [2.75, 3.05) is 10.6 Å². The Balaban J connectivity index is 2.25. The molecule has 0 bridgehead atoms. The van der Waals surface area contributed by atoms with Crippen LogP contribution in [0.3, 0.4) is 0 Å². The SMILES string of the molecule is CC[C@H](C(=O)NC1CCCCCCC1)N(c1ccc(Cl)c(Cl)c1)S(C)(=O)=O. The lowest BCUT2D eigenvalue weighted by atomic mass is 9.96. The van der Waals surface area contributed by atoms with Crippen LogP contribution in [0.2, 0.25) is 10.0 Å². The van der Waals surface area contributed by atoms with Crippen LogP contribution in [0.5, 0.6) is 0 Å². The van der Waals surface area contributed by atoms with Gasteiger partial charge in [-0.15, -0.1) is 0 Å². The van der Waals surface area contributed by atoms with Crippen LogP contribution < -0.4 is 9.62 Å². The summed E-state index contributed by atoms with van der Waals surface area (Å²) in [6, 6.07) is 3.86. The van der Waals surface area contributed by atoms with E-state index in [0.29, 0.717) is 17.1 Å². The highest BCUT2D eigenvalue weighted by molar-refractivity contribution is 7.92. The van der Waals surface area contributed by atoms with Gasteiger partial charge in [0.15, 0.2) is 0 Å². The van der Waals surface area contributed by atoms with Crippen molar-refractivity contribution < 1.29 is 13.2 Å². The summed E-state index contributed by atoms with van der Waals surface area (Å²) in [6.45, 7) is 1.80. The van der Waals surface area contributed by atoms with Crippen LogP contribution in [0.15, 0.2) is 18.2 Å². The second kappa shape index (κ2) is 9.99. The molecule has 0 radical (unpaired) electrons. The molecule has 1 atom stereocenters. The van der Waals surface area contributed by atoms with E-state index >= 15 is 0 Å². The van der Waals surface area contributed by atoms with Gasteiger partial charge < -0.3 is 5.32 Å². The maximum absolute atomic E-state index is 13.0. The maximum atomic E-state index is 13.0. The van der Waals surface area contributed by atoms with Crippen LogP contribution >= 0.6 is 23.2 Å². The summed E-state index contributed by atoms with van der Waals surface area (Å²) in [5.41, 5.74) is 0.339. The van der Waals surface area contributed by atoms with Gasteiger partial charge in [0, 0.05) is 6.04 Å². The molecular weight excluding hydrogens is 407 g/mol. The third-order valence-corrected chi connectivity index (χ3v) is 6.86. The van der Waals surface area contributed by atoms with E-state index in [1.807, 2.05) is 0 Å². The molecule has 0 unspecified atom stereocenters. The predicted molar refractivity (Wildman–Crippen MR) is 112 cm³/mol. The minimum Gasteiger partial charge on any atom is -0.352 e. The number of benzene rings is 1. The molecular formula is C19H28Cl2N2O3S. The average molecular weight is 435 g/mol. The molecule has 1 aromatic carbocycles. The van der Waals surface area contributed by atoms with Crippen LogP contribution in [0.25, 0.3) is 0 Å². The van der Waals surface area contributed by atoms with Gasteiger partial charge in [-0.25, -0.2) is 8.42 Å². The molecule has 1 aliphatic rings. The fourth-order valence-corrected chi connectivity index (χ4v) is 5.08. The molecule has 27 heavy (non-hydrogen) atoms. The van der Waals surface area contributed by atoms with E-state index in [1.165, 1.54) is 31.4 Å². The molecule has 0 saturated heterocycles. The molecule has 5 nitrogen and oxygen atoms in total. The molecule has 1 fully saturated rings. The van der Waals surface area contributed by atoms with Crippen molar-refractivity contribution >= 4 is 44.8 Å². The third kappa shape index (κ3) is 6.26. The van der Waals surface area contributed by atoms with Gasteiger partial charge in [0.1, 0.15) is 6.04 Å². The summed E-state index contributed by atoms with van der Waals surface area (Å²) in [5.74, 6) is -0.264. The van der Waals surface area contributed by atoms with Crippen molar-refractivity contribution in [3.8, 4) is 0 Å². The van der Waals surface area contributed by atoms with E-state index in [0.717, 1.165) is 36.2 Å². The number of hydrogen-bond donors (Lipinski definition) is 1. The summed E-state index contributed by atoms with van der Waals surface area (Å²) >= 11 is 12.0. The van der Waals surface area contributed by atoms with Gasteiger partial charge in [-0.1, -0.05) is 62.2 Å². The van der Waals surface area contributed by atoms with Crippen molar-refractivity contribution in [3.05, 3.63) is 28.2 Å². The maximum Gasteiger partial charge on any atom is 0.244 e. The lowest BCUT2D eigenvalue weighted by Crippen LogP contribution is -2.51. The Morgan fingerprint density at radius 1 is 1.15 bits per heavy atom. The highest BCUT2D eigenvalue weighted by Crippen LogP contribution is 2.30. The second-order valence-corrected chi connectivity index (χ2v) is 9.81. The summed E-state index contributed by atoms with van der Waals surface area (Å²) in [6.07, 6.45) is 9.12. The van der Waals surface area contributed by atoms with Gasteiger partial charge in [0.2, 0.25) is 15.9 Å². The first-order valence-corrected chi connectivity index (χ1v) is 12.1. The summed E-state index contributed by atoms with van der Waals surface area (Å²) in [4.78, 5) is 13.0. The van der Waals surface area contributed by atoms with E-state index in [2.05, 4.69) is 5.32 Å². The monoisotopic (exact) mass is 434 g/mol. The quantitative estimate of drug-likeness (QED) is 0.700. The highest BCUT2D eigenvalue weighted by Gasteiger charge is 2.32. The van der Waals surface area contributed by atoms with Gasteiger partial charge in [-0.2, -0.15) is 0 Å². The number of rotatable bonds is 6. The van der Waals surface area contributed by atoms with Gasteiger partial charge >= 0.3 is 0 Å². The topological polar surface area (TPSA) is 66.5 Å². The zero-order valence-corrected chi connectivity index (χ0v) is 18.2. The molecule has 1 aliphatic carbocycles. The number of halogens is 2. The molecule has 0 aromatic heterocycles. The van der Waals surface area contributed by atoms with Gasteiger partial charge in [0.05, 0.1) is 22.0 Å². The minimum atomic E-state index is -3.69. The Bertz CT molecular complexity index is 747. The zero-order valence-electron chi connectivity index (χ0n) is 15.9. The van der Waals surface area contributed by atoms with Crippen molar-refractivity contribution in [2.24, 2.45) is 0 Å². The van der Waals surface area contributed by atoms with E-state index in [-0.39, 0.29) is 17.0 Å². The second-order valence-electron chi connectivity index (χ2n) is 7.13. The van der Waals surface area contributed by atoms with Crippen molar-refractivity contribution in [2.45, 2.75) is 70.4 Å². The Kier molecular flexibility index (Phi) is 8.25. The van der Waals surface area contributed by atoms with Crippen LogP contribution in [0.4, 0.5) is 5.69 Å². The lowest BCUT2D eigenvalue weighted by Gasteiger charge is -2.32. The molecule has 2 rings (SSSR count). The number of anilines is 1. The summed E-state index contributed by atoms with van der Waals surface area (Å²) < 4.78 is 26.1. The molecule has 1 N–H and O–H groups in total. The minimum absolute atomic E-state index is 0.0991. The summed E-state index contributed by atoms with van der Waals surface area (Å²) in [5, 5.41) is 3.66. The van der Waals surface area contributed by atoms with E-state index < -0.39 is 16.1 Å². The number of nitrogens with one attached hydrogen (secondary N) is 1. The zero-order chi connectivity index (χ0) is 20.0. The molecule has 0 heterocycles. The number of hydrogen-bond acceptors (Lipinski definition) is 3. The molecule has 152 valence electrons. The molecule has 1 saturated carbocycles. The molecule has 1 aromatic rings. The predicted octanol–water partition coefficient (Wildman–Crippen LogP) is 4.77. The average Bonchev–Trinajstić information content (AvgIpc) is 2.56. The molecule has 0 aliphatic heterocycles. The smallest absolute Gasteiger partial charge is 0.244 e. The van der Waals surface area contributed by atoms with E-state index in [1.54, 1.807) is 13.0 Å². The third-order valence-electron chi connectivity index (χ3n) is 4.94. The molecule has 8 heteroatoms. The molecule has 1 amide bonds. The number of nitrogens with zero attached hydrogens (tertiary/aromatic N) is 1. The van der Waals surface area contributed by atoms with E-state index in [9.17, 15) is 13.2 Å². The highest BCUT2D eigenvalue weighted by atomic mass is 35.5. The fourth-order valence-electron chi connectivity index (χ4n) is 3.58. The van der Waals surface area contributed by atoms with Gasteiger partial charge in [0.25, 0.3) is 0 Å². The Labute approximate surface area is 172 Å². The first kappa shape index (κ1) is 22.3. The van der Waals surface area contributed by atoms with Crippen molar-refractivity contribution in [1.82, 2.24) is 5.32 Å². The largest absolute Gasteiger partial charge is 0.352 e. The van der Waals surface area contributed by atoms with Gasteiger partial charge in [-0.3, -0.25) is 9.10 Å². The number of amides is 1. The lowest BCUT2D eigenvalue weighted by molar-refractivity contribution is -0.123.